The van der Waals surface area contributed by atoms with E-state index >= 15 is 0 Å². The minimum absolute atomic E-state index is 0.0174. The zero-order valence-electron chi connectivity index (χ0n) is 52.9. The van der Waals surface area contributed by atoms with Gasteiger partial charge in [0.2, 0.25) is 7.98 Å². The third kappa shape index (κ3) is 30.5. The van der Waals surface area contributed by atoms with Crippen molar-refractivity contribution in [1.29, 1.82) is 12.0 Å². The summed E-state index contributed by atoms with van der Waals surface area (Å²) < 4.78 is 95.9. The molecule has 0 spiro atoms. The Bertz CT molecular complexity index is 2930. The molecule has 0 aromatic carbocycles. The van der Waals surface area contributed by atoms with Crippen LogP contribution in [-0.2, 0) is 60.8 Å². The number of hydrogen-bond donors (Lipinski definition) is 8. The van der Waals surface area contributed by atoms with Gasteiger partial charge in [0.05, 0.1) is 103 Å². The van der Waals surface area contributed by atoms with Gasteiger partial charge in [-0.2, -0.15) is 10.5 Å². The number of hydrogen-bond acceptors (Lipinski definition) is 26. The normalized spacial score (nSPS) is 23.9. The maximum absolute atomic E-state index is 12.1. The van der Waals surface area contributed by atoms with Gasteiger partial charge in [-0.25, -0.2) is 25.5 Å². The summed E-state index contributed by atoms with van der Waals surface area (Å²) in [6, 6.07) is 3.57. The third-order valence-electron chi connectivity index (χ3n) is 12.3. The number of rotatable bonds is 24. The minimum Gasteiger partial charge on any atom is -0.400 e. The molecule has 3 aliphatic heterocycles. The monoisotopic (exact) mass is 1410 g/mol. The fourth-order valence-corrected chi connectivity index (χ4v) is 8.93. The predicted molar refractivity (Wildman–Crippen MR) is 329 cm³/mol. The molecule has 3 fully saturated rings. The van der Waals surface area contributed by atoms with Crippen molar-refractivity contribution in [2.75, 3.05) is 108 Å². The van der Waals surface area contributed by atoms with Crippen LogP contribution in [0.15, 0.2) is 47.4 Å². The molecular weight excluding hydrogens is 1320 g/mol. The molecule has 3 aliphatic rings. The highest BCUT2D eigenvalue weighted by atomic mass is 36.0. The van der Waals surface area contributed by atoms with Crippen LogP contribution in [-0.4, -0.2) is 201 Å². The Morgan fingerprint density at radius 2 is 1.06 bits per heavy atom. The average molecular weight is 1410 g/mol. The predicted octanol–water partition coefficient (Wildman–Crippen LogP) is 2.44. The van der Waals surface area contributed by atoms with Crippen LogP contribution in [0.3, 0.4) is 0 Å². The minimum atomic E-state index is -3.57. The Labute approximate surface area is 540 Å². The molecule has 0 bridgehead atoms. The van der Waals surface area contributed by atoms with E-state index in [9.17, 15) is 48.1 Å². The number of aromatic nitrogens is 6. The molecule has 13 atom stereocenters. The van der Waals surface area contributed by atoms with Crippen molar-refractivity contribution in [1.82, 2.24) is 28.7 Å². The van der Waals surface area contributed by atoms with Gasteiger partial charge in [-0.3, -0.25) is 56.6 Å². The molecule has 0 aliphatic carbocycles. The van der Waals surface area contributed by atoms with Crippen LogP contribution < -0.4 is 39.5 Å². The van der Waals surface area contributed by atoms with Crippen molar-refractivity contribution in [2.24, 2.45) is 17.6 Å². The molecule has 0 amide bonds. The molecule has 3 aromatic rings. The highest BCUT2D eigenvalue weighted by Gasteiger charge is 2.46. The first-order chi connectivity index (χ1) is 43.4. The Morgan fingerprint density at radius 1 is 0.689 bits per heavy atom. The van der Waals surface area contributed by atoms with Crippen molar-refractivity contribution in [2.45, 2.75) is 116 Å². The second kappa shape index (κ2) is 45.7. The second-order valence-electron chi connectivity index (χ2n) is 18.7. The number of aliphatic hydroxyl groups excluding tert-OH is 4. The fraction of sp³-hybridized carbons (Fsp3) is 0.706. The van der Waals surface area contributed by atoms with Crippen molar-refractivity contribution in [3.63, 3.8) is 0 Å². The number of nitrogens with two attached hydrogens (primary N) is 1. The molecule has 3 saturated heterocycles. The number of nitrogens with one attached hydrogen (secondary N) is 3. The van der Waals surface area contributed by atoms with Gasteiger partial charge in [-0.15, -0.1) is 0 Å². The first kappa shape index (κ1) is 81.6. The lowest BCUT2D eigenvalue weighted by atomic mass is 10.0. The van der Waals surface area contributed by atoms with Crippen LogP contribution in [0.25, 0.3) is 4.85 Å². The summed E-state index contributed by atoms with van der Waals surface area (Å²) in [6.45, 7) is 13.6. The zero-order chi connectivity index (χ0) is 70.3. The molecule has 3 aromatic heterocycles. The Hall–Kier alpha value is -4.51. The van der Waals surface area contributed by atoms with Gasteiger partial charge in [0.15, 0.2) is 18.7 Å². The van der Waals surface area contributed by atoms with Gasteiger partial charge in [-0.05, 0) is 61.4 Å². The molecule has 6 heterocycles. The Kier molecular flexibility index (Phi) is 41.4. The van der Waals surface area contributed by atoms with Gasteiger partial charge >= 0.3 is 29.2 Å². The molecule has 90 heavy (non-hydrogen) atoms. The average Bonchev–Trinajstić information content (AvgIpc) is 1.63. The number of H-pyrrole nitrogens is 3. The zero-order valence-corrected chi connectivity index (χ0v) is 55.8. The van der Waals surface area contributed by atoms with E-state index in [0.717, 1.165) is 0 Å². The molecule has 512 valence electrons. The molecule has 0 radical (unpaired) electrons. The lowest BCUT2D eigenvalue weighted by Gasteiger charge is -2.23. The maximum atomic E-state index is 12.1. The Balaban J connectivity index is 0.00000114. The first-order valence-electron chi connectivity index (χ1n) is 28.0. The SMILES string of the molecule is COCCO[C@@H]1[C@H](C)[C@@H](CN)O[C@H]1n1cc(C)c(=O)[nH]c1=O.COCCO[C@@H]1[C@H](C)[C@@H](CO)O[C@H]1n1cc(C)c(=O)[nH]c1=O.N#CCCO.O=P(Cl)(Cl)Cl.[2H]C[C@H]1O[C@@H](n2cc(C)c(=O)[nH]c2=O)[C@H](OCCOC)[C@@H]1O.[3H]OC.[C-]#[N+]CCOP(=O)(Cl)OCCC#N. The molecular formula is C51H82Cl4N10O23P2. The molecule has 9 N–H and O–H groups in total. The van der Waals surface area contributed by atoms with E-state index in [1.54, 1.807) is 47.1 Å². The summed E-state index contributed by atoms with van der Waals surface area (Å²) >= 11 is 19.2. The van der Waals surface area contributed by atoms with E-state index in [1.807, 2.05) is 13.8 Å². The van der Waals surface area contributed by atoms with Gasteiger partial charge in [0.1, 0.15) is 31.0 Å². The first-order valence-corrected chi connectivity index (χ1v) is 33.8. The number of nitrogens with zero attached hydrogens (tertiary/aromatic N) is 6. The number of nitriles is 2. The smallest absolute Gasteiger partial charge is 0.400 e. The number of aromatic amines is 3. The van der Waals surface area contributed by atoms with Crippen molar-refractivity contribution in [3.05, 3.63) is 109 Å². The molecule has 33 nitrogen and oxygen atoms in total. The van der Waals surface area contributed by atoms with Crippen molar-refractivity contribution in [3.8, 4) is 12.1 Å². The highest BCUT2D eigenvalue weighted by molar-refractivity contribution is 8.24. The van der Waals surface area contributed by atoms with Gasteiger partial charge in [0.25, 0.3) is 16.7 Å². The second-order valence-corrected chi connectivity index (χ2v) is 27.9. The summed E-state index contributed by atoms with van der Waals surface area (Å²) in [6.07, 6.45) is -1.63. The summed E-state index contributed by atoms with van der Waals surface area (Å²) in [4.78, 5) is 80.2. The number of ether oxygens (including phenoxy) is 9. The van der Waals surface area contributed by atoms with Crippen LogP contribution >= 0.6 is 57.1 Å². The lowest BCUT2D eigenvalue weighted by molar-refractivity contribution is -0.0794. The number of methoxy groups -OCH3 is 3. The third-order valence-corrected chi connectivity index (χ3v) is 13.9. The summed E-state index contributed by atoms with van der Waals surface area (Å²) in [7, 11) is 5.97. The topological polar surface area (TPSA) is 459 Å². The van der Waals surface area contributed by atoms with Gasteiger partial charge < -0.3 is 73.6 Å². The maximum Gasteiger partial charge on any atom is 0.424 e. The van der Waals surface area contributed by atoms with Crippen LogP contribution in [0.4, 0.5) is 0 Å². The van der Waals surface area contributed by atoms with Gasteiger partial charge in [0, 0.05) is 94.7 Å². The number of halogens is 4. The summed E-state index contributed by atoms with van der Waals surface area (Å²) in [5, 5.41) is 43.5. The number of aryl methyl sites for hydroxylation is 3. The van der Waals surface area contributed by atoms with E-state index in [4.69, 9.17) is 84.6 Å². The molecule has 6 rings (SSSR count). The fourth-order valence-electron chi connectivity index (χ4n) is 7.83. The van der Waals surface area contributed by atoms with E-state index in [1.165, 1.54) is 46.5 Å². The molecule has 0 saturated carbocycles. The lowest BCUT2D eigenvalue weighted by Crippen LogP contribution is -2.40. The van der Waals surface area contributed by atoms with Crippen LogP contribution in [0, 0.1) is 61.8 Å². The molecule has 39 heteroatoms. The largest absolute Gasteiger partial charge is 0.424 e. The quantitative estimate of drug-likeness (QED) is 0.0363. The number of aliphatic hydroxyl groups is 4. The standard InChI is InChI=1S/C14H23N3O5.C14H22N2O6.C13H20N2O6.C6H8ClN2O3P.C3H5NO.CH4O.Cl3OP/c1-8-7-17(14(19)16-12(8)18)13-11(21-5-4-20-3)9(2)10(6-15)22-13;1-8-6-16(14(19)15-12(8)18)13-11(21-5-4-20-3)9(2)10(7-17)22-13;1-7-6-15(13(18)14-11(7)17)12-10(20-5-4-19-3)9(16)8(2)21-12;1-9-4-6-12-13(7,10)11-5-2-3-8;4-2-1-3-5;1-2;1-5(2,3)4/h7,9-11,13H,4-6,15H2,1-3H3,(H,16,18,19);6,9-11,13,17H,4-5,7H2,1-3H3,(H,15,18,19);6,8-10,12,16H,4-5H2,1-3H3,(H,14,17,18);2,4-6H2;5H,1,3H2;2H,1H3;/t2*9-,10-,11-,13-;8-,9-,10-,12-;;;;/m111..../s1/i;;2D;;;2T;. The highest BCUT2D eigenvalue weighted by Crippen LogP contribution is 2.61. The van der Waals surface area contributed by atoms with E-state index < -0.39 is 95.1 Å². The summed E-state index contributed by atoms with van der Waals surface area (Å²) in [5.41, 5.74) is 3.85. The summed E-state index contributed by atoms with van der Waals surface area (Å²) in [5.74, 6) is -0.0861. The molecule has 1 unspecified atom stereocenters. The van der Waals surface area contributed by atoms with Crippen LogP contribution in [0.5, 0.6) is 0 Å². The van der Waals surface area contributed by atoms with Gasteiger partial charge in [-0.1, -0.05) is 13.8 Å². The van der Waals surface area contributed by atoms with E-state index in [-0.39, 0.29) is 83.4 Å². The van der Waals surface area contributed by atoms with Crippen molar-refractivity contribution >= 4 is 57.1 Å². The van der Waals surface area contributed by atoms with E-state index in [2.05, 4.69) is 67.7 Å². The Morgan fingerprint density at radius 3 is 1.39 bits per heavy atom. The van der Waals surface area contributed by atoms with Crippen LogP contribution in [0.1, 0.15) is 70.3 Å². The van der Waals surface area contributed by atoms with E-state index in [0.29, 0.717) is 56.3 Å². The van der Waals surface area contributed by atoms with Crippen molar-refractivity contribution < 1.29 is 82.6 Å². The van der Waals surface area contributed by atoms with Crippen LogP contribution in [0.2, 0.25) is 0 Å².